The van der Waals surface area contributed by atoms with Gasteiger partial charge in [-0.05, 0) is 37.9 Å². The zero-order chi connectivity index (χ0) is 16.6. The van der Waals surface area contributed by atoms with E-state index < -0.39 is 0 Å². The fourth-order valence-electron chi connectivity index (χ4n) is 3.56. The summed E-state index contributed by atoms with van der Waals surface area (Å²) in [5, 5.41) is 6.31. The second kappa shape index (κ2) is 10.8. The summed E-state index contributed by atoms with van der Waals surface area (Å²) in [5.74, 6) is 0.181. The molecule has 0 saturated carbocycles. The normalized spacial score (nSPS) is 21.7. The van der Waals surface area contributed by atoms with E-state index in [0.29, 0.717) is 0 Å². The maximum Gasteiger partial charge on any atom is 0.237 e. The molecule has 5 nitrogen and oxygen atoms in total. The van der Waals surface area contributed by atoms with Crippen molar-refractivity contribution in [3.63, 3.8) is 0 Å². The first-order valence-electron chi connectivity index (χ1n) is 9.31. The minimum absolute atomic E-state index is 0. The largest absolute Gasteiger partial charge is 0.355 e. The van der Waals surface area contributed by atoms with E-state index in [-0.39, 0.29) is 24.4 Å². The van der Waals surface area contributed by atoms with Gasteiger partial charge in [-0.25, -0.2) is 0 Å². The Morgan fingerprint density at radius 1 is 1.12 bits per heavy atom. The number of hydrogen-bond acceptors (Lipinski definition) is 4. The minimum Gasteiger partial charge on any atom is -0.355 e. The number of benzene rings is 1. The van der Waals surface area contributed by atoms with Crippen molar-refractivity contribution in [1.82, 2.24) is 20.4 Å². The molecule has 0 radical (unpaired) electrons. The van der Waals surface area contributed by atoms with Gasteiger partial charge < -0.3 is 15.5 Å². The highest BCUT2D eigenvalue weighted by Gasteiger charge is 2.21. The summed E-state index contributed by atoms with van der Waals surface area (Å²) in [7, 11) is 0. The highest BCUT2D eigenvalue weighted by molar-refractivity contribution is 5.85. The monoisotopic (exact) mass is 366 g/mol. The maximum absolute atomic E-state index is 11.9. The number of rotatable bonds is 7. The molecule has 1 aromatic rings. The van der Waals surface area contributed by atoms with Crippen LogP contribution in [-0.2, 0) is 11.3 Å². The van der Waals surface area contributed by atoms with Crippen LogP contribution in [0, 0.1) is 0 Å². The Hall–Kier alpha value is -1.14. The lowest BCUT2D eigenvalue weighted by Crippen LogP contribution is -2.46. The van der Waals surface area contributed by atoms with E-state index in [0.717, 1.165) is 71.6 Å². The molecule has 3 rings (SSSR count). The Labute approximate surface area is 157 Å². The summed E-state index contributed by atoms with van der Waals surface area (Å²) in [6.07, 6.45) is 3.14. The summed E-state index contributed by atoms with van der Waals surface area (Å²) in [6.45, 7) is 8.43. The predicted octanol–water partition coefficient (Wildman–Crippen LogP) is 1.48. The second-order valence-electron chi connectivity index (χ2n) is 6.90. The SMILES string of the molecule is Cl.O=C(NCCCN1CCN(Cc2ccccc2)CC1)C1CCCN1. The molecule has 0 aromatic heterocycles. The average molecular weight is 367 g/mol. The van der Waals surface area contributed by atoms with E-state index in [9.17, 15) is 4.79 Å². The van der Waals surface area contributed by atoms with Crippen molar-refractivity contribution in [2.75, 3.05) is 45.8 Å². The van der Waals surface area contributed by atoms with Crippen molar-refractivity contribution in [3.05, 3.63) is 35.9 Å². The lowest BCUT2D eigenvalue weighted by atomic mass is 10.2. The van der Waals surface area contributed by atoms with Crippen LogP contribution in [0.15, 0.2) is 30.3 Å². The van der Waals surface area contributed by atoms with E-state index in [4.69, 9.17) is 0 Å². The summed E-state index contributed by atoms with van der Waals surface area (Å²) in [5.41, 5.74) is 1.40. The predicted molar refractivity (Wildman–Crippen MR) is 104 cm³/mol. The van der Waals surface area contributed by atoms with Gasteiger partial charge in [0.15, 0.2) is 0 Å². The molecule has 2 N–H and O–H groups in total. The molecule has 140 valence electrons. The Kier molecular flexibility index (Phi) is 8.68. The number of amides is 1. The smallest absolute Gasteiger partial charge is 0.237 e. The molecule has 1 unspecified atom stereocenters. The zero-order valence-corrected chi connectivity index (χ0v) is 15.8. The third-order valence-corrected chi connectivity index (χ3v) is 5.04. The fraction of sp³-hybridized carbons (Fsp3) is 0.632. The Morgan fingerprint density at radius 2 is 1.84 bits per heavy atom. The van der Waals surface area contributed by atoms with E-state index in [1.807, 2.05) is 0 Å². The van der Waals surface area contributed by atoms with Crippen molar-refractivity contribution >= 4 is 18.3 Å². The van der Waals surface area contributed by atoms with Crippen LogP contribution in [0.2, 0.25) is 0 Å². The fourth-order valence-corrected chi connectivity index (χ4v) is 3.56. The molecule has 1 amide bonds. The van der Waals surface area contributed by atoms with Gasteiger partial charge >= 0.3 is 0 Å². The topological polar surface area (TPSA) is 47.6 Å². The van der Waals surface area contributed by atoms with E-state index in [1.54, 1.807) is 0 Å². The van der Waals surface area contributed by atoms with Gasteiger partial charge in [0.25, 0.3) is 0 Å². The van der Waals surface area contributed by atoms with Crippen LogP contribution in [0.3, 0.4) is 0 Å². The first kappa shape index (κ1) is 20.2. The highest BCUT2D eigenvalue weighted by Crippen LogP contribution is 2.08. The molecule has 2 fully saturated rings. The van der Waals surface area contributed by atoms with Crippen LogP contribution < -0.4 is 10.6 Å². The van der Waals surface area contributed by atoms with Gasteiger partial charge in [-0.15, -0.1) is 12.4 Å². The van der Waals surface area contributed by atoms with Gasteiger partial charge in [-0.3, -0.25) is 9.69 Å². The Morgan fingerprint density at radius 3 is 2.52 bits per heavy atom. The van der Waals surface area contributed by atoms with Crippen molar-refractivity contribution in [3.8, 4) is 0 Å². The molecule has 1 aromatic carbocycles. The third kappa shape index (κ3) is 6.59. The molecule has 2 aliphatic heterocycles. The van der Waals surface area contributed by atoms with Gasteiger partial charge in [0, 0.05) is 39.3 Å². The average Bonchev–Trinajstić information content (AvgIpc) is 3.16. The molecule has 2 aliphatic rings. The van der Waals surface area contributed by atoms with Crippen LogP contribution in [0.4, 0.5) is 0 Å². The van der Waals surface area contributed by atoms with E-state index in [2.05, 4.69) is 50.8 Å². The number of halogens is 1. The molecular weight excluding hydrogens is 336 g/mol. The van der Waals surface area contributed by atoms with Crippen molar-refractivity contribution in [1.29, 1.82) is 0 Å². The standard InChI is InChI=1S/C19H30N4O.ClH/c24-19(18-8-4-9-20-18)21-10-5-11-22-12-14-23(15-13-22)16-17-6-2-1-3-7-17;/h1-3,6-7,18,20H,4-5,8-16H2,(H,21,24);1H. The van der Waals surface area contributed by atoms with E-state index in [1.165, 1.54) is 5.56 Å². The molecule has 0 bridgehead atoms. The summed E-state index contributed by atoms with van der Waals surface area (Å²) in [4.78, 5) is 17.0. The van der Waals surface area contributed by atoms with Gasteiger partial charge in [0.1, 0.15) is 0 Å². The number of nitrogens with one attached hydrogen (secondary N) is 2. The lowest BCUT2D eigenvalue weighted by Gasteiger charge is -2.34. The summed E-state index contributed by atoms with van der Waals surface area (Å²) in [6, 6.07) is 10.7. The van der Waals surface area contributed by atoms with Gasteiger partial charge in [0.05, 0.1) is 6.04 Å². The first-order valence-corrected chi connectivity index (χ1v) is 9.31. The van der Waals surface area contributed by atoms with Gasteiger partial charge in [-0.2, -0.15) is 0 Å². The zero-order valence-electron chi connectivity index (χ0n) is 15.0. The summed E-state index contributed by atoms with van der Waals surface area (Å²) >= 11 is 0. The second-order valence-corrected chi connectivity index (χ2v) is 6.90. The maximum atomic E-state index is 11.9. The van der Waals surface area contributed by atoms with Crippen LogP contribution >= 0.6 is 12.4 Å². The molecule has 2 saturated heterocycles. The van der Waals surface area contributed by atoms with Crippen molar-refractivity contribution in [2.45, 2.75) is 31.8 Å². The molecular formula is C19H31ClN4O. The molecule has 0 aliphatic carbocycles. The van der Waals surface area contributed by atoms with Crippen LogP contribution in [0.25, 0.3) is 0 Å². The number of carbonyl (C=O) groups excluding carboxylic acids is 1. The van der Waals surface area contributed by atoms with Gasteiger partial charge in [0.2, 0.25) is 5.91 Å². The van der Waals surface area contributed by atoms with Crippen molar-refractivity contribution in [2.24, 2.45) is 0 Å². The number of piperazine rings is 1. The molecule has 6 heteroatoms. The van der Waals surface area contributed by atoms with Crippen LogP contribution in [-0.4, -0.2) is 67.6 Å². The lowest BCUT2D eigenvalue weighted by molar-refractivity contribution is -0.122. The first-order chi connectivity index (χ1) is 11.8. The van der Waals surface area contributed by atoms with Crippen LogP contribution in [0.1, 0.15) is 24.8 Å². The molecule has 25 heavy (non-hydrogen) atoms. The molecule has 0 spiro atoms. The molecule has 2 heterocycles. The number of hydrogen-bond donors (Lipinski definition) is 2. The molecule has 1 atom stereocenters. The number of carbonyl (C=O) groups is 1. The Bertz CT molecular complexity index is 499. The highest BCUT2D eigenvalue weighted by atomic mass is 35.5. The van der Waals surface area contributed by atoms with Crippen molar-refractivity contribution < 1.29 is 4.79 Å². The Balaban J connectivity index is 0.00000225. The van der Waals surface area contributed by atoms with Gasteiger partial charge in [-0.1, -0.05) is 30.3 Å². The summed E-state index contributed by atoms with van der Waals surface area (Å²) < 4.78 is 0. The number of nitrogens with zero attached hydrogens (tertiary/aromatic N) is 2. The third-order valence-electron chi connectivity index (χ3n) is 5.04. The quantitative estimate of drug-likeness (QED) is 0.718. The minimum atomic E-state index is 0. The van der Waals surface area contributed by atoms with Crippen LogP contribution in [0.5, 0.6) is 0 Å². The van der Waals surface area contributed by atoms with E-state index >= 15 is 0 Å².